The summed E-state index contributed by atoms with van der Waals surface area (Å²) in [5, 5.41) is 18.4. The highest BCUT2D eigenvalue weighted by Crippen LogP contribution is 2.10. The van der Waals surface area contributed by atoms with Gasteiger partial charge in [-0.3, -0.25) is 4.90 Å². The zero-order valence-electron chi connectivity index (χ0n) is 9.31. The quantitative estimate of drug-likeness (QED) is 0.646. The van der Waals surface area contributed by atoms with Gasteiger partial charge in [-0.05, 0) is 27.7 Å². The van der Waals surface area contributed by atoms with Crippen LogP contribution in [0.1, 0.15) is 27.7 Å². The molecule has 14 heavy (non-hydrogen) atoms. The molecule has 0 saturated carbocycles. The van der Waals surface area contributed by atoms with Crippen molar-refractivity contribution < 1.29 is 19.7 Å². The molecule has 0 aliphatic heterocycles. The van der Waals surface area contributed by atoms with Crippen molar-refractivity contribution in [3.63, 3.8) is 0 Å². The molecule has 0 aliphatic carbocycles. The van der Waals surface area contributed by atoms with E-state index in [9.17, 15) is 9.90 Å². The van der Waals surface area contributed by atoms with E-state index < -0.39 is 24.0 Å². The summed E-state index contributed by atoms with van der Waals surface area (Å²) < 4.78 is 4.99. The van der Waals surface area contributed by atoms with Gasteiger partial charge in [-0.1, -0.05) is 0 Å². The van der Waals surface area contributed by atoms with Crippen LogP contribution in [0.5, 0.6) is 0 Å². The first-order valence-corrected chi connectivity index (χ1v) is 4.47. The van der Waals surface area contributed by atoms with Crippen LogP contribution in [-0.4, -0.2) is 46.2 Å². The lowest BCUT2D eigenvalue weighted by Crippen LogP contribution is -2.45. The molecule has 0 heterocycles. The Bertz CT molecular complexity index is 197. The largest absolute Gasteiger partial charge is 0.444 e. The lowest BCUT2D eigenvalue weighted by Gasteiger charge is -2.28. The Hall–Kier alpha value is -0.810. The first-order valence-electron chi connectivity index (χ1n) is 4.47. The molecule has 0 saturated heterocycles. The second kappa shape index (κ2) is 4.61. The van der Waals surface area contributed by atoms with Crippen molar-refractivity contribution in [3.05, 3.63) is 0 Å². The summed E-state index contributed by atoms with van der Waals surface area (Å²) in [4.78, 5) is 12.3. The van der Waals surface area contributed by atoms with E-state index in [1.54, 1.807) is 20.8 Å². The van der Waals surface area contributed by atoms with Crippen LogP contribution in [-0.2, 0) is 4.74 Å². The van der Waals surface area contributed by atoms with Crippen molar-refractivity contribution in [3.8, 4) is 0 Å². The van der Waals surface area contributed by atoms with Gasteiger partial charge >= 0.3 is 6.09 Å². The summed E-state index contributed by atoms with van der Waals surface area (Å²) in [6, 6.07) is 0. The van der Waals surface area contributed by atoms with Gasteiger partial charge in [0.15, 0.2) is 6.23 Å². The number of likely N-dealkylation sites (N-methyl/N-ethyl adjacent to an activating group) is 1. The number of hydrogen-bond donors (Lipinski definition) is 2. The van der Waals surface area contributed by atoms with E-state index in [-0.39, 0.29) is 0 Å². The fraction of sp³-hybridized carbons (Fsp3) is 0.889. The van der Waals surface area contributed by atoms with E-state index in [2.05, 4.69) is 0 Å². The Kier molecular flexibility index (Phi) is 4.35. The third-order valence-electron chi connectivity index (χ3n) is 1.51. The summed E-state index contributed by atoms with van der Waals surface area (Å²) in [7, 11) is 1.37. The van der Waals surface area contributed by atoms with Crippen LogP contribution in [0.25, 0.3) is 0 Å². The Labute approximate surface area is 84.3 Å². The number of carbonyl (C=O) groups is 1. The second-order valence-electron chi connectivity index (χ2n) is 4.25. The minimum absolute atomic E-state index is 0.607. The van der Waals surface area contributed by atoms with Gasteiger partial charge in [0.25, 0.3) is 0 Å². The van der Waals surface area contributed by atoms with E-state index in [0.29, 0.717) is 0 Å². The van der Waals surface area contributed by atoms with E-state index in [4.69, 9.17) is 9.84 Å². The van der Waals surface area contributed by atoms with Crippen molar-refractivity contribution >= 4 is 6.09 Å². The summed E-state index contributed by atoms with van der Waals surface area (Å²) in [6.07, 6.45) is -2.91. The second-order valence-corrected chi connectivity index (χ2v) is 4.25. The minimum atomic E-state index is -1.25. The Morgan fingerprint density at radius 2 is 1.79 bits per heavy atom. The molecule has 0 aromatic carbocycles. The zero-order valence-corrected chi connectivity index (χ0v) is 9.31. The maximum absolute atomic E-state index is 11.3. The van der Waals surface area contributed by atoms with Crippen LogP contribution >= 0.6 is 0 Å². The molecule has 0 fully saturated rings. The van der Waals surface area contributed by atoms with Gasteiger partial charge in [-0.15, -0.1) is 0 Å². The SMILES string of the molecule is CC(O)C(O)N(C)C(=O)OC(C)(C)C. The molecule has 0 aliphatic rings. The molecule has 84 valence electrons. The number of aliphatic hydroxyl groups is 2. The van der Waals surface area contributed by atoms with Gasteiger partial charge in [0.2, 0.25) is 0 Å². The molecule has 2 atom stereocenters. The first-order chi connectivity index (χ1) is 6.15. The molecular formula is C9H19NO4. The number of aliphatic hydroxyl groups excluding tert-OH is 2. The monoisotopic (exact) mass is 205 g/mol. The van der Waals surface area contributed by atoms with Crippen LogP contribution in [0.3, 0.4) is 0 Å². The van der Waals surface area contributed by atoms with E-state index in [1.807, 2.05) is 0 Å². The lowest BCUT2D eigenvalue weighted by molar-refractivity contribution is -0.0703. The van der Waals surface area contributed by atoms with Gasteiger partial charge in [0.1, 0.15) is 5.60 Å². The average molecular weight is 205 g/mol. The molecule has 0 aromatic heterocycles. The van der Waals surface area contributed by atoms with Crippen molar-refractivity contribution in [2.24, 2.45) is 0 Å². The van der Waals surface area contributed by atoms with Gasteiger partial charge in [-0.2, -0.15) is 0 Å². The molecule has 0 bridgehead atoms. The van der Waals surface area contributed by atoms with Crippen LogP contribution < -0.4 is 0 Å². The molecule has 0 aromatic rings. The van der Waals surface area contributed by atoms with E-state index in [0.717, 1.165) is 4.90 Å². The normalized spacial score (nSPS) is 15.9. The number of ether oxygens (including phenoxy) is 1. The van der Waals surface area contributed by atoms with Gasteiger partial charge < -0.3 is 14.9 Å². The molecule has 2 unspecified atom stereocenters. The van der Waals surface area contributed by atoms with E-state index in [1.165, 1.54) is 14.0 Å². The van der Waals surface area contributed by atoms with Gasteiger partial charge in [0.05, 0.1) is 6.10 Å². The van der Waals surface area contributed by atoms with Crippen molar-refractivity contribution in [1.29, 1.82) is 0 Å². The molecular weight excluding hydrogens is 186 g/mol. The summed E-state index contributed by atoms with van der Waals surface area (Å²) in [5.74, 6) is 0. The van der Waals surface area contributed by atoms with Crippen molar-refractivity contribution in [2.75, 3.05) is 7.05 Å². The fourth-order valence-electron chi connectivity index (χ4n) is 0.766. The molecule has 0 radical (unpaired) electrons. The highest BCUT2D eigenvalue weighted by atomic mass is 16.6. The maximum atomic E-state index is 11.3. The zero-order chi connectivity index (χ0) is 11.5. The smallest absolute Gasteiger partial charge is 0.412 e. The van der Waals surface area contributed by atoms with Gasteiger partial charge in [0, 0.05) is 7.05 Å². The highest BCUT2D eigenvalue weighted by molar-refractivity contribution is 5.67. The maximum Gasteiger partial charge on any atom is 0.412 e. The van der Waals surface area contributed by atoms with Crippen LogP contribution in [0.15, 0.2) is 0 Å². The minimum Gasteiger partial charge on any atom is -0.444 e. The predicted molar refractivity (Wildman–Crippen MR) is 51.7 cm³/mol. The molecule has 5 heteroatoms. The van der Waals surface area contributed by atoms with Crippen LogP contribution in [0, 0.1) is 0 Å². The van der Waals surface area contributed by atoms with Gasteiger partial charge in [-0.25, -0.2) is 4.79 Å². The molecule has 2 N–H and O–H groups in total. The molecule has 0 rings (SSSR count). The Morgan fingerprint density at radius 1 is 1.36 bits per heavy atom. The van der Waals surface area contributed by atoms with Crippen LogP contribution in [0.2, 0.25) is 0 Å². The summed E-state index contributed by atoms with van der Waals surface area (Å²) >= 11 is 0. The van der Waals surface area contributed by atoms with E-state index >= 15 is 0 Å². The Balaban J connectivity index is 4.26. The molecule has 0 spiro atoms. The molecule has 1 amide bonds. The third kappa shape index (κ3) is 4.43. The van der Waals surface area contributed by atoms with Crippen molar-refractivity contribution in [1.82, 2.24) is 4.90 Å². The molecule has 5 nitrogen and oxygen atoms in total. The predicted octanol–water partition coefficient (Wildman–Crippen LogP) is 0.552. The summed E-state index contributed by atoms with van der Waals surface area (Å²) in [5.41, 5.74) is -0.607. The lowest BCUT2D eigenvalue weighted by atomic mass is 10.2. The Morgan fingerprint density at radius 3 is 2.07 bits per heavy atom. The standard InChI is InChI=1S/C9H19NO4/c1-6(11)7(12)10(5)8(13)14-9(2,3)4/h6-7,11-12H,1-5H3. The topological polar surface area (TPSA) is 70.0 Å². The number of rotatable bonds is 2. The number of amides is 1. The highest BCUT2D eigenvalue weighted by Gasteiger charge is 2.26. The number of hydrogen-bond acceptors (Lipinski definition) is 4. The third-order valence-corrected chi connectivity index (χ3v) is 1.51. The summed E-state index contributed by atoms with van der Waals surface area (Å²) in [6.45, 7) is 6.58. The number of carbonyl (C=O) groups excluding carboxylic acids is 1. The fourth-order valence-corrected chi connectivity index (χ4v) is 0.766. The van der Waals surface area contributed by atoms with Crippen LogP contribution in [0.4, 0.5) is 4.79 Å². The number of nitrogens with zero attached hydrogens (tertiary/aromatic N) is 1. The average Bonchev–Trinajstić information content (AvgIpc) is 1.98. The first kappa shape index (κ1) is 13.2. The van der Waals surface area contributed by atoms with Crippen molar-refractivity contribution in [2.45, 2.75) is 45.6 Å².